The second-order valence-electron chi connectivity index (χ2n) is 7.15. The molecular weight excluding hydrogens is 392 g/mol. The molecule has 0 spiro atoms. The molecule has 2 heterocycles. The molecule has 0 radical (unpaired) electrons. The molecule has 1 amide bonds. The summed E-state index contributed by atoms with van der Waals surface area (Å²) in [5.41, 5.74) is 4.31. The lowest BCUT2D eigenvalue weighted by atomic mass is 10.0. The Balaban J connectivity index is 1.65. The summed E-state index contributed by atoms with van der Waals surface area (Å²) in [6.45, 7) is 2.87. The minimum absolute atomic E-state index is 0.214. The molecule has 7 heteroatoms. The highest BCUT2D eigenvalue weighted by Gasteiger charge is 2.19. The second kappa shape index (κ2) is 8.97. The van der Waals surface area contributed by atoms with Crippen LogP contribution in [-0.4, -0.2) is 41.0 Å². The molecule has 0 fully saturated rings. The number of ether oxygens (including phenoxy) is 2. The van der Waals surface area contributed by atoms with Crippen molar-refractivity contribution in [1.82, 2.24) is 14.8 Å². The highest BCUT2D eigenvalue weighted by atomic mass is 16.5. The van der Waals surface area contributed by atoms with E-state index in [2.05, 4.69) is 10.4 Å². The van der Waals surface area contributed by atoms with Gasteiger partial charge in [-0.25, -0.2) is 4.98 Å². The van der Waals surface area contributed by atoms with E-state index in [1.165, 1.54) is 0 Å². The predicted molar refractivity (Wildman–Crippen MR) is 120 cm³/mol. The Morgan fingerprint density at radius 3 is 2.52 bits per heavy atom. The quantitative estimate of drug-likeness (QED) is 0.457. The van der Waals surface area contributed by atoms with Crippen LogP contribution in [0, 0.1) is 6.92 Å². The van der Waals surface area contributed by atoms with Crippen LogP contribution in [0.25, 0.3) is 22.3 Å². The molecule has 31 heavy (non-hydrogen) atoms. The number of amides is 1. The van der Waals surface area contributed by atoms with Crippen molar-refractivity contribution in [2.45, 2.75) is 6.92 Å². The number of methoxy groups -OCH3 is 1. The van der Waals surface area contributed by atoms with Crippen molar-refractivity contribution < 1.29 is 14.3 Å². The van der Waals surface area contributed by atoms with Gasteiger partial charge in [-0.3, -0.25) is 9.48 Å². The van der Waals surface area contributed by atoms with Crippen LogP contribution in [-0.2, 0) is 11.8 Å². The van der Waals surface area contributed by atoms with Crippen LogP contribution in [0.2, 0.25) is 0 Å². The summed E-state index contributed by atoms with van der Waals surface area (Å²) in [5.74, 6) is 0.504. The van der Waals surface area contributed by atoms with Crippen LogP contribution in [0.3, 0.4) is 0 Å². The first-order valence-corrected chi connectivity index (χ1v) is 9.99. The van der Waals surface area contributed by atoms with Gasteiger partial charge in [0.1, 0.15) is 12.4 Å². The summed E-state index contributed by atoms with van der Waals surface area (Å²) in [6, 6.07) is 18.9. The molecule has 4 aromatic rings. The minimum atomic E-state index is -0.214. The summed E-state index contributed by atoms with van der Waals surface area (Å²) >= 11 is 0. The number of nitrogens with zero attached hydrogens (tertiary/aromatic N) is 3. The molecule has 0 unspecified atom stereocenters. The molecule has 0 saturated heterocycles. The maximum absolute atomic E-state index is 13.2. The van der Waals surface area contributed by atoms with Crippen molar-refractivity contribution in [2.24, 2.45) is 7.05 Å². The monoisotopic (exact) mass is 416 g/mol. The number of anilines is 1. The third-order valence-corrected chi connectivity index (χ3v) is 4.95. The molecule has 0 saturated carbocycles. The van der Waals surface area contributed by atoms with Crippen LogP contribution in [0.5, 0.6) is 5.75 Å². The van der Waals surface area contributed by atoms with E-state index in [4.69, 9.17) is 14.5 Å². The van der Waals surface area contributed by atoms with Crippen LogP contribution in [0.1, 0.15) is 16.1 Å². The van der Waals surface area contributed by atoms with Gasteiger partial charge in [0.25, 0.3) is 5.91 Å². The number of carbonyl (C=O) groups is 1. The third kappa shape index (κ3) is 4.41. The van der Waals surface area contributed by atoms with Gasteiger partial charge in [0.15, 0.2) is 5.65 Å². The van der Waals surface area contributed by atoms with Gasteiger partial charge >= 0.3 is 0 Å². The number of benzene rings is 2. The summed E-state index contributed by atoms with van der Waals surface area (Å²) in [7, 11) is 3.46. The smallest absolute Gasteiger partial charge is 0.256 e. The van der Waals surface area contributed by atoms with E-state index >= 15 is 0 Å². The summed E-state index contributed by atoms with van der Waals surface area (Å²) in [6.07, 6.45) is 0. The van der Waals surface area contributed by atoms with Gasteiger partial charge in [-0.05, 0) is 37.3 Å². The maximum atomic E-state index is 13.2. The number of fused-ring (bicyclic) bond motifs is 1. The summed E-state index contributed by atoms with van der Waals surface area (Å²) in [4.78, 5) is 18.0. The van der Waals surface area contributed by atoms with Gasteiger partial charge in [0, 0.05) is 25.4 Å². The highest BCUT2D eigenvalue weighted by Crippen LogP contribution is 2.27. The third-order valence-electron chi connectivity index (χ3n) is 4.95. The zero-order valence-corrected chi connectivity index (χ0v) is 17.8. The number of pyridine rings is 1. The Hall–Kier alpha value is -3.71. The van der Waals surface area contributed by atoms with Crippen LogP contribution in [0.15, 0.2) is 60.7 Å². The zero-order valence-electron chi connectivity index (χ0n) is 17.8. The number of carbonyl (C=O) groups excluding carboxylic acids is 1. The molecule has 0 bridgehead atoms. The van der Waals surface area contributed by atoms with Crippen molar-refractivity contribution in [1.29, 1.82) is 0 Å². The number of hydrogen-bond acceptors (Lipinski definition) is 5. The standard InChI is InChI=1S/C24H24N4O3/c1-16-22-20(24(29)25-18-9-11-19(12-10-18)31-14-13-30-3)15-21(17-7-5-4-6-8-17)26-23(22)28(2)27-16/h4-12,15H,13-14H2,1-3H3,(H,25,29). The lowest BCUT2D eigenvalue weighted by molar-refractivity contribution is 0.102. The molecule has 0 aliphatic rings. The lowest BCUT2D eigenvalue weighted by Gasteiger charge is -2.10. The number of aromatic nitrogens is 3. The van der Waals surface area contributed by atoms with Gasteiger partial charge in [-0.15, -0.1) is 0 Å². The fraction of sp³-hybridized carbons (Fsp3) is 0.208. The number of nitrogens with one attached hydrogen (secondary N) is 1. The molecule has 0 atom stereocenters. The fourth-order valence-electron chi connectivity index (χ4n) is 3.46. The Morgan fingerprint density at radius 1 is 1.06 bits per heavy atom. The minimum Gasteiger partial charge on any atom is -0.491 e. The van der Waals surface area contributed by atoms with Gasteiger partial charge in [-0.1, -0.05) is 30.3 Å². The molecule has 2 aromatic carbocycles. The van der Waals surface area contributed by atoms with Gasteiger partial charge in [-0.2, -0.15) is 5.10 Å². The average Bonchev–Trinajstić information content (AvgIpc) is 3.08. The van der Waals surface area contributed by atoms with Gasteiger partial charge in [0.05, 0.1) is 28.9 Å². The van der Waals surface area contributed by atoms with Crippen molar-refractivity contribution >= 4 is 22.6 Å². The van der Waals surface area contributed by atoms with Crippen molar-refractivity contribution in [2.75, 3.05) is 25.6 Å². The molecule has 4 rings (SSSR count). The topological polar surface area (TPSA) is 78.3 Å². The molecule has 158 valence electrons. The molecule has 0 aliphatic heterocycles. The Labute approximate surface area is 180 Å². The van der Waals surface area contributed by atoms with Crippen LogP contribution >= 0.6 is 0 Å². The Bertz CT molecular complexity index is 1200. The largest absolute Gasteiger partial charge is 0.491 e. The van der Waals surface area contributed by atoms with Crippen LogP contribution in [0.4, 0.5) is 5.69 Å². The van der Waals surface area contributed by atoms with E-state index in [1.807, 2.05) is 74.6 Å². The molecular formula is C24H24N4O3. The Morgan fingerprint density at radius 2 is 1.81 bits per heavy atom. The van der Waals surface area contributed by atoms with Gasteiger partial charge in [0.2, 0.25) is 0 Å². The first kappa shape index (κ1) is 20.6. The van der Waals surface area contributed by atoms with E-state index in [1.54, 1.807) is 11.8 Å². The van der Waals surface area contributed by atoms with E-state index in [0.717, 1.165) is 28.1 Å². The van der Waals surface area contributed by atoms with Crippen LogP contribution < -0.4 is 10.1 Å². The molecule has 2 aromatic heterocycles. The first-order valence-electron chi connectivity index (χ1n) is 9.99. The van der Waals surface area contributed by atoms with Gasteiger partial charge < -0.3 is 14.8 Å². The van der Waals surface area contributed by atoms with Crippen molar-refractivity contribution in [3.05, 3.63) is 71.9 Å². The predicted octanol–water partition coefficient (Wildman–Crippen LogP) is 4.22. The number of hydrogen-bond donors (Lipinski definition) is 1. The van der Waals surface area contributed by atoms with E-state index in [-0.39, 0.29) is 5.91 Å². The maximum Gasteiger partial charge on any atom is 0.256 e. The number of rotatable bonds is 7. The lowest BCUT2D eigenvalue weighted by Crippen LogP contribution is -2.13. The molecule has 1 N–H and O–H groups in total. The first-order chi connectivity index (χ1) is 15.1. The number of aryl methyl sites for hydroxylation is 2. The van der Waals surface area contributed by atoms with E-state index in [9.17, 15) is 4.79 Å². The Kier molecular flexibility index (Phi) is 5.95. The molecule has 0 aliphatic carbocycles. The van der Waals surface area contributed by atoms with E-state index < -0.39 is 0 Å². The SMILES string of the molecule is COCCOc1ccc(NC(=O)c2cc(-c3ccccc3)nc3c2c(C)nn3C)cc1. The van der Waals surface area contributed by atoms with Crippen molar-refractivity contribution in [3.63, 3.8) is 0 Å². The zero-order chi connectivity index (χ0) is 21.8. The van der Waals surface area contributed by atoms with Crippen molar-refractivity contribution in [3.8, 4) is 17.0 Å². The van der Waals surface area contributed by atoms with E-state index in [0.29, 0.717) is 30.1 Å². The summed E-state index contributed by atoms with van der Waals surface area (Å²) < 4.78 is 12.3. The normalized spacial score (nSPS) is 10.9. The summed E-state index contributed by atoms with van der Waals surface area (Å²) in [5, 5.41) is 8.19. The second-order valence-corrected chi connectivity index (χ2v) is 7.15. The molecule has 7 nitrogen and oxygen atoms in total. The highest BCUT2D eigenvalue weighted by molar-refractivity contribution is 6.13. The average molecular weight is 416 g/mol. The fourth-order valence-corrected chi connectivity index (χ4v) is 3.46.